The summed E-state index contributed by atoms with van der Waals surface area (Å²) in [6.07, 6.45) is 1.82. The number of nitrogens with one attached hydrogen (secondary N) is 1. The van der Waals surface area contributed by atoms with Crippen LogP contribution in [0.4, 0.5) is 0 Å². The molecular weight excluding hydrogens is 268 g/mol. The average Bonchev–Trinajstić information content (AvgIpc) is 2.78. The van der Waals surface area contributed by atoms with Crippen molar-refractivity contribution in [1.29, 1.82) is 5.26 Å². The van der Waals surface area contributed by atoms with Gasteiger partial charge in [0.2, 0.25) is 5.91 Å². The quantitative estimate of drug-likeness (QED) is 0.870. The number of hydrogen-bond donors (Lipinski definition) is 1. The molecule has 1 amide bonds. The van der Waals surface area contributed by atoms with Gasteiger partial charge in [0.25, 0.3) is 0 Å². The molecule has 98 valence electrons. The molecule has 0 aliphatic rings. The van der Waals surface area contributed by atoms with Gasteiger partial charge >= 0.3 is 0 Å². The van der Waals surface area contributed by atoms with Gasteiger partial charge in [-0.05, 0) is 31.4 Å². The predicted octanol–water partition coefficient (Wildman–Crippen LogP) is 3.39. The maximum atomic E-state index is 12.0. The average molecular weight is 285 g/mol. The summed E-state index contributed by atoms with van der Waals surface area (Å²) in [5.74, 6) is -0.169. The molecule has 0 bridgehead atoms. The topological polar surface area (TPSA) is 52.9 Å². The monoisotopic (exact) mass is 284 g/mol. The summed E-state index contributed by atoms with van der Waals surface area (Å²) >= 11 is 7.34. The Balaban J connectivity index is 2.48. The second-order valence-corrected chi connectivity index (χ2v) is 5.91. The number of nitrogens with zero attached hydrogens (tertiary/aromatic N) is 1. The van der Waals surface area contributed by atoms with E-state index in [0.717, 1.165) is 15.6 Å². The first-order valence-corrected chi connectivity index (χ1v) is 7.21. The van der Waals surface area contributed by atoms with Gasteiger partial charge in [0.1, 0.15) is 5.41 Å². The van der Waals surface area contributed by atoms with E-state index in [1.54, 1.807) is 0 Å². The van der Waals surface area contributed by atoms with Gasteiger partial charge in [-0.1, -0.05) is 25.4 Å². The molecule has 1 aromatic rings. The highest BCUT2D eigenvalue weighted by Gasteiger charge is 2.34. The molecule has 5 heteroatoms. The standard InChI is InChI=1S/C13H17ClN2OS/c1-3-13(4-2,9-15)12(17)16-8-7-10-5-6-11(14)18-10/h5-6H,3-4,7-8H2,1-2H3,(H,16,17). The lowest BCUT2D eigenvalue weighted by Gasteiger charge is -2.21. The molecule has 1 rings (SSSR count). The van der Waals surface area contributed by atoms with Crippen molar-refractivity contribution in [3.05, 3.63) is 21.3 Å². The van der Waals surface area contributed by atoms with Crippen LogP contribution < -0.4 is 5.32 Å². The van der Waals surface area contributed by atoms with Crippen molar-refractivity contribution in [1.82, 2.24) is 5.32 Å². The number of halogens is 1. The summed E-state index contributed by atoms with van der Waals surface area (Å²) in [5, 5.41) is 12.0. The van der Waals surface area contributed by atoms with Crippen molar-refractivity contribution in [2.24, 2.45) is 5.41 Å². The Morgan fingerprint density at radius 1 is 1.50 bits per heavy atom. The summed E-state index contributed by atoms with van der Waals surface area (Å²) in [6, 6.07) is 5.94. The van der Waals surface area contributed by atoms with E-state index < -0.39 is 5.41 Å². The zero-order valence-corrected chi connectivity index (χ0v) is 12.2. The van der Waals surface area contributed by atoms with E-state index in [1.807, 2.05) is 26.0 Å². The first kappa shape index (κ1) is 15.0. The SMILES string of the molecule is CCC(C#N)(CC)C(=O)NCCc1ccc(Cl)s1. The van der Waals surface area contributed by atoms with Crippen LogP contribution in [0.1, 0.15) is 31.6 Å². The molecule has 0 unspecified atom stereocenters. The Kier molecular flexibility index (Phi) is 5.64. The second kappa shape index (κ2) is 6.77. The lowest BCUT2D eigenvalue weighted by atomic mass is 9.83. The molecule has 0 atom stereocenters. The molecule has 0 aliphatic heterocycles. The molecule has 1 aromatic heterocycles. The maximum Gasteiger partial charge on any atom is 0.240 e. The molecule has 18 heavy (non-hydrogen) atoms. The van der Waals surface area contributed by atoms with Gasteiger partial charge in [0, 0.05) is 11.4 Å². The number of nitriles is 1. The Morgan fingerprint density at radius 3 is 2.61 bits per heavy atom. The molecule has 3 nitrogen and oxygen atoms in total. The molecule has 0 aliphatic carbocycles. The van der Waals surface area contributed by atoms with Gasteiger partial charge in [0.15, 0.2) is 0 Å². The molecule has 0 fully saturated rings. The van der Waals surface area contributed by atoms with Crippen molar-refractivity contribution in [2.75, 3.05) is 6.54 Å². The number of hydrogen-bond acceptors (Lipinski definition) is 3. The summed E-state index contributed by atoms with van der Waals surface area (Å²) in [5.41, 5.74) is -0.882. The van der Waals surface area contributed by atoms with Crippen LogP contribution in [-0.2, 0) is 11.2 Å². The predicted molar refractivity (Wildman–Crippen MR) is 74.7 cm³/mol. The third kappa shape index (κ3) is 3.47. The van der Waals surface area contributed by atoms with Gasteiger partial charge in [-0.2, -0.15) is 5.26 Å². The van der Waals surface area contributed by atoms with Gasteiger partial charge in [0.05, 0.1) is 10.4 Å². The molecule has 0 spiro atoms. The summed E-state index contributed by atoms with van der Waals surface area (Å²) in [6.45, 7) is 4.27. The van der Waals surface area contributed by atoms with Crippen LogP contribution in [0.25, 0.3) is 0 Å². The highest BCUT2D eigenvalue weighted by molar-refractivity contribution is 7.16. The highest BCUT2D eigenvalue weighted by atomic mass is 35.5. The molecule has 0 saturated heterocycles. The lowest BCUT2D eigenvalue weighted by Crippen LogP contribution is -2.40. The normalized spacial score (nSPS) is 11.0. The van der Waals surface area contributed by atoms with Crippen molar-refractivity contribution in [3.63, 3.8) is 0 Å². The minimum Gasteiger partial charge on any atom is -0.354 e. The van der Waals surface area contributed by atoms with E-state index in [1.165, 1.54) is 11.3 Å². The van der Waals surface area contributed by atoms with Crippen molar-refractivity contribution in [3.8, 4) is 6.07 Å². The highest BCUT2D eigenvalue weighted by Crippen LogP contribution is 2.25. The zero-order valence-electron chi connectivity index (χ0n) is 10.6. The van der Waals surface area contributed by atoms with Crippen molar-refractivity contribution >= 4 is 28.8 Å². The van der Waals surface area contributed by atoms with Gasteiger partial charge in [-0.15, -0.1) is 11.3 Å². The molecule has 0 radical (unpaired) electrons. The third-order valence-corrected chi connectivity index (χ3v) is 4.43. The van der Waals surface area contributed by atoms with E-state index in [0.29, 0.717) is 19.4 Å². The van der Waals surface area contributed by atoms with Crippen LogP contribution in [0, 0.1) is 16.7 Å². The van der Waals surface area contributed by atoms with E-state index in [-0.39, 0.29) is 5.91 Å². The Labute approximate surface area is 117 Å². The number of carbonyl (C=O) groups excluding carboxylic acids is 1. The van der Waals surface area contributed by atoms with Crippen LogP contribution in [0.3, 0.4) is 0 Å². The van der Waals surface area contributed by atoms with Crippen LogP contribution in [0.15, 0.2) is 12.1 Å². The van der Waals surface area contributed by atoms with Crippen molar-refractivity contribution in [2.45, 2.75) is 33.1 Å². The summed E-state index contributed by atoms with van der Waals surface area (Å²) in [4.78, 5) is 13.1. The molecule has 0 aromatic carbocycles. The molecule has 1 heterocycles. The second-order valence-electron chi connectivity index (χ2n) is 4.11. The van der Waals surface area contributed by atoms with Crippen LogP contribution in [0.2, 0.25) is 4.34 Å². The van der Waals surface area contributed by atoms with Crippen LogP contribution >= 0.6 is 22.9 Å². The lowest BCUT2D eigenvalue weighted by molar-refractivity contribution is -0.128. The van der Waals surface area contributed by atoms with E-state index in [9.17, 15) is 4.79 Å². The molecule has 1 N–H and O–H groups in total. The molecule has 0 saturated carbocycles. The minimum atomic E-state index is -0.882. The fourth-order valence-corrected chi connectivity index (χ4v) is 2.82. The smallest absolute Gasteiger partial charge is 0.240 e. The van der Waals surface area contributed by atoms with E-state index in [4.69, 9.17) is 16.9 Å². The first-order valence-electron chi connectivity index (χ1n) is 6.01. The van der Waals surface area contributed by atoms with E-state index >= 15 is 0 Å². The van der Waals surface area contributed by atoms with Crippen LogP contribution in [0.5, 0.6) is 0 Å². The third-order valence-electron chi connectivity index (χ3n) is 3.14. The summed E-state index contributed by atoms with van der Waals surface area (Å²) in [7, 11) is 0. The number of thiophene rings is 1. The molecular formula is C13H17ClN2OS. The zero-order chi connectivity index (χ0) is 13.6. The summed E-state index contributed by atoms with van der Waals surface area (Å²) < 4.78 is 0.754. The largest absolute Gasteiger partial charge is 0.354 e. The van der Waals surface area contributed by atoms with Crippen molar-refractivity contribution < 1.29 is 4.79 Å². The minimum absolute atomic E-state index is 0.169. The number of rotatable bonds is 6. The van der Waals surface area contributed by atoms with Gasteiger partial charge in [-0.3, -0.25) is 4.79 Å². The Bertz CT molecular complexity index is 446. The van der Waals surface area contributed by atoms with E-state index in [2.05, 4.69) is 11.4 Å². The fraction of sp³-hybridized carbons (Fsp3) is 0.538. The Hall–Kier alpha value is -1.05. The van der Waals surface area contributed by atoms with Gasteiger partial charge in [-0.25, -0.2) is 0 Å². The van der Waals surface area contributed by atoms with Crippen LogP contribution in [-0.4, -0.2) is 12.5 Å². The Morgan fingerprint density at radius 2 is 2.17 bits per heavy atom. The van der Waals surface area contributed by atoms with Gasteiger partial charge < -0.3 is 5.32 Å². The number of carbonyl (C=O) groups is 1. The maximum absolute atomic E-state index is 12.0. The number of amides is 1. The first-order chi connectivity index (χ1) is 8.57. The fourth-order valence-electron chi connectivity index (χ4n) is 1.73.